The van der Waals surface area contributed by atoms with Crippen LogP contribution < -0.4 is 0 Å². The predicted octanol–water partition coefficient (Wildman–Crippen LogP) is 0.124. The molecule has 6 heteroatoms. The molecule has 0 spiro atoms. The van der Waals surface area contributed by atoms with Crippen LogP contribution in [0.1, 0.15) is 13.8 Å². The van der Waals surface area contributed by atoms with Crippen molar-refractivity contribution in [2.45, 2.75) is 13.8 Å². The molecule has 0 aliphatic carbocycles. The Labute approximate surface area is 86.5 Å². The van der Waals surface area contributed by atoms with Gasteiger partial charge < -0.3 is 14.6 Å². The molecule has 15 heavy (non-hydrogen) atoms. The van der Waals surface area contributed by atoms with Crippen molar-refractivity contribution in [3.8, 4) is 0 Å². The van der Waals surface area contributed by atoms with Crippen molar-refractivity contribution < 1.29 is 29.0 Å². The molecule has 0 fully saturated rings. The van der Waals surface area contributed by atoms with E-state index in [-0.39, 0.29) is 19.5 Å². The zero-order valence-electron chi connectivity index (χ0n) is 8.48. The maximum atomic E-state index is 11.2. The van der Waals surface area contributed by atoms with Gasteiger partial charge in [-0.3, -0.25) is 4.79 Å². The smallest absolute Gasteiger partial charge is 0.380 e. The zero-order chi connectivity index (χ0) is 11.8. The number of esters is 2. The molecule has 0 heterocycles. The lowest BCUT2D eigenvalue weighted by Crippen LogP contribution is -2.25. The van der Waals surface area contributed by atoms with Crippen LogP contribution in [-0.2, 0) is 23.9 Å². The van der Waals surface area contributed by atoms with E-state index in [4.69, 9.17) is 5.11 Å². The summed E-state index contributed by atoms with van der Waals surface area (Å²) in [5, 5.41) is 8.62. The molecule has 0 unspecified atom stereocenters. The maximum absolute atomic E-state index is 11.2. The molecule has 84 valence electrons. The number of rotatable bonds is 5. The van der Waals surface area contributed by atoms with Crippen LogP contribution in [-0.4, -0.2) is 36.0 Å². The number of carbonyl (C=O) groups excluding carboxylic acids is 3. The molecular formula is C9H12O6. The van der Waals surface area contributed by atoms with E-state index in [1.54, 1.807) is 0 Å². The van der Waals surface area contributed by atoms with Crippen LogP contribution in [0.2, 0.25) is 0 Å². The molecule has 0 amide bonds. The minimum absolute atomic E-state index is 0.00606. The molecule has 1 N–H and O–H groups in total. The molecule has 0 atom stereocenters. The van der Waals surface area contributed by atoms with Gasteiger partial charge in [0.25, 0.3) is 5.78 Å². The van der Waals surface area contributed by atoms with Crippen molar-refractivity contribution in [1.82, 2.24) is 0 Å². The number of aliphatic hydroxyl groups is 1. The molecule has 0 saturated heterocycles. The van der Waals surface area contributed by atoms with Crippen molar-refractivity contribution in [1.29, 1.82) is 0 Å². The fourth-order valence-corrected chi connectivity index (χ4v) is 0.719. The molecule has 0 aromatic rings. The molecule has 6 nitrogen and oxygen atoms in total. The Morgan fingerprint density at radius 2 is 1.53 bits per heavy atom. The van der Waals surface area contributed by atoms with Crippen LogP contribution >= 0.6 is 0 Å². The van der Waals surface area contributed by atoms with Gasteiger partial charge in [-0.25, -0.2) is 9.59 Å². The summed E-state index contributed by atoms with van der Waals surface area (Å²) in [7, 11) is 0. The number of ketones is 1. The minimum Gasteiger partial charge on any atom is -0.515 e. The second kappa shape index (κ2) is 6.58. The monoisotopic (exact) mass is 216 g/mol. The largest absolute Gasteiger partial charge is 0.515 e. The Morgan fingerprint density at radius 3 is 1.93 bits per heavy atom. The zero-order valence-corrected chi connectivity index (χ0v) is 8.48. The van der Waals surface area contributed by atoms with Crippen LogP contribution in [0.15, 0.2) is 11.8 Å². The number of aliphatic hydroxyl groups excluding tert-OH is 1. The minimum atomic E-state index is -1.22. The summed E-state index contributed by atoms with van der Waals surface area (Å²) in [5.41, 5.74) is -0.740. The van der Waals surface area contributed by atoms with E-state index in [0.717, 1.165) is 0 Å². The maximum Gasteiger partial charge on any atom is 0.380 e. The van der Waals surface area contributed by atoms with Crippen LogP contribution in [0.5, 0.6) is 0 Å². The molecular weight excluding hydrogens is 204 g/mol. The first-order valence-corrected chi connectivity index (χ1v) is 4.31. The van der Waals surface area contributed by atoms with Gasteiger partial charge in [0.1, 0.15) is 5.57 Å². The van der Waals surface area contributed by atoms with Crippen LogP contribution in [0.4, 0.5) is 0 Å². The van der Waals surface area contributed by atoms with Gasteiger partial charge in [0, 0.05) is 0 Å². The normalized spacial score (nSPS) is 10.7. The highest BCUT2D eigenvalue weighted by Gasteiger charge is 2.27. The first-order valence-electron chi connectivity index (χ1n) is 4.31. The molecule has 0 aromatic heterocycles. The molecule has 0 aliphatic rings. The summed E-state index contributed by atoms with van der Waals surface area (Å²) >= 11 is 0. The second-order valence-electron chi connectivity index (χ2n) is 2.31. The van der Waals surface area contributed by atoms with E-state index in [1.165, 1.54) is 13.8 Å². The summed E-state index contributed by atoms with van der Waals surface area (Å²) in [5.74, 6) is -3.48. The molecule has 0 rings (SSSR count). The lowest BCUT2D eigenvalue weighted by Gasteiger charge is -2.03. The standard InChI is InChI=1S/C9H12O6/c1-3-14-8(12)6(5-10)7(11)9(13)15-4-2/h5,10H,3-4H2,1-2H3/b6-5+. The Hall–Kier alpha value is -1.85. The fraction of sp³-hybridized carbons (Fsp3) is 0.444. The third-order valence-electron chi connectivity index (χ3n) is 1.33. The highest BCUT2D eigenvalue weighted by Crippen LogP contribution is 2.01. The Bertz CT molecular complexity index is 291. The van der Waals surface area contributed by atoms with E-state index < -0.39 is 23.3 Å². The Morgan fingerprint density at radius 1 is 1.07 bits per heavy atom. The summed E-state index contributed by atoms with van der Waals surface area (Å²) in [6.07, 6.45) is 0.233. The second-order valence-corrected chi connectivity index (χ2v) is 2.31. The Kier molecular flexibility index (Phi) is 5.77. The molecule has 0 aromatic carbocycles. The predicted molar refractivity (Wildman–Crippen MR) is 49.0 cm³/mol. The van der Waals surface area contributed by atoms with Crippen molar-refractivity contribution in [3.05, 3.63) is 11.8 Å². The lowest BCUT2D eigenvalue weighted by atomic mass is 10.2. The summed E-state index contributed by atoms with van der Waals surface area (Å²) in [6, 6.07) is 0. The third-order valence-corrected chi connectivity index (χ3v) is 1.33. The van der Waals surface area contributed by atoms with Gasteiger partial charge in [0.05, 0.1) is 19.5 Å². The summed E-state index contributed by atoms with van der Waals surface area (Å²) in [6.45, 7) is 3.08. The molecule has 0 bridgehead atoms. The Balaban J connectivity index is 4.63. The molecule has 0 aliphatic heterocycles. The number of ether oxygens (including phenoxy) is 2. The van der Waals surface area contributed by atoms with Gasteiger partial charge in [-0.15, -0.1) is 0 Å². The van der Waals surface area contributed by atoms with E-state index >= 15 is 0 Å². The van der Waals surface area contributed by atoms with Crippen LogP contribution in [0, 0.1) is 0 Å². The van der Waals surface area contributed by atoms with Crippen molar-refractivity contribution in [2.75, 3.05) is 13.2 Å². The molecule has 0 radical (unpaired) electrons. The number of hydrogen-bond acceptors (Lipinski definition) is 6. The first kappa shape index (κ1) is 13.2. The van der Waals surface area contributed by atoms with E-state index in [9.17, 15) is 14.4 Å². The van der Waals surface area contributed by atoms with Gasteiger partial charge in [-0.2, -0.15) is 0 Å². The van der Waals surface area contributed by atoms with Crippen molar-refractivity contribution >= 4 is 17.7 Å². The van der Waals surface area contributed by atoms with Gasteiger partial charge >= 0.3 is 11.9 Å². The first-order chi connectivity index (χ1) is 7.08. The lowest BCUT2D eigenvalue weighted by molar-refractivity contribution is -0.154. The van der Waals surface area contributed by atoms with E-state index in [1.807, 2.05) is 0 Å². The van der Waals surface area contributed by atoms with Crippen molar-refractivity contribution in [3.63, 3.8) is 0 Å². The van der Waals surface area contributed by atoms with Gasteiger partial charge in [0.15, 0.2) is 0 Å². The number of hydrogen-bond donors (Lipinski definition) is 1. The molecule has 0 saturated carbocycles. The average Bonchev–Trinajstić information content (AvgIpc) is 2.19. The average molecular weight is 216 g/mol. The number of Topliss-reactive ketones (excluding diaryl/α,β-unsaturated/α-hetero) is 1. The summed E-state index contributed by atoms with van der Waals surface area (Å²) < 4.78 is 8.82. The highest BCUT2D eigenvalue weighted by molar-refractivity contribution is 6.46. The van der Waals surface area contributed by atoms with Gasteiger partial charge in [0.2, 0.25) is 0 Å². The van der Waals surface area contributed by atoms with Gasteiger partial charge in [-0.1, -0.05) is 0 Å². The van der Waals surface area contributed by atoms with E-state index in [0.29, 0.717) is 0 Å². The van der Waals surface area contributed by atoms with Gasteiger partial charge in [-0.05, 0) is 13.8 Å². The van der Waals surface area contributed by atoms with Crippen molar-refractivity contribution in [2.24, 2.45) is 0 Å². The van der Waals surface area contributed by atoms with E-state index in [2.05, 4.69) is 9.47 Å². The third kappa shape index (κ3) is 3.80. The topological polar surface area (TPSA) is 89.9 Å². The number of carbonyl (C=O) groups is 3. The van der Waals surface area contributed by atoms with Crippen LogP contribution in [0.3, 0.4) is 0 Å². The summed E-state index contributed by atoms with van der Waals surface area (Å²) in [4.78, 5) is 33.1. The van der Waals surface area contributed by atoms with Crippen LogP contribution in [0.25, 0.3) is 0 Å². The SMILES string of the molecule is CCOC(=O)C(=O)/C(=C\O)C(=O)OCC. The fourth-order valence-electron chi connectivity index (χ4n) is 0.719. The highest BCUT2D eigenvalue weighted by atomic mass is 16.5. The quantitative estimate of drug-likeness (QED) is 0.175.